The Bertz CT molecular complexity index is 522. The Hall–Kier alpha value is -1.19. The number of nitrogens with one attached hydrogen (secondary N) is 1. The lowest BCUT2D eigenvalue weighted by Crippen LogP contribution is -2.29. The standard InChI is InChI=1S/C17H22FNS/c1-4-15(13-8-5-6-9-14(13)18)19-17(12(2)3)16-10-7-11-20-16/h5-12,15,17,19H,4H2,1-3H3. The minimum absolute atomic E-state index is 0.0469. The number of rotatable bonds is 6. The van der Waals surface area contributed by atoms with Crippen LogP contribution >= 0.6 is 11.3 Å². The zero-order valence-electron chi connectivity index (χ0n) is 12.3. The maximum absolute atomic E-state index is 14.0. The molecule has 20 heavy (non-hydrogen) atoms. The molecule has 2 unspecified atom stereocenters. The Balaban J connectivity index is 2.22. The Morgan fingerprint density at radius 1 is 1.15 bits per heavy atom. The van der Waals surface area contributed by atoms with Crippen molar-refractivity contribution < 1.29 is 4.39 Å². The molecule has 108 valence electrons. The quantitative estimate of drug-likeness (QED) is 0.759. The number of hydrogen-bond donors (Lipinski definition) is 1. The molecule has 1 N–H and O–H groups in total. The second kappa shape index (κ2) is 7.00. The number of thiophene rings is 1. The Kier molecular flexibility index (Phi) is 5.32. The summed E-state index contributed by atoms with van der Waals surface area (Å²) >= 11 is 1.75. The van der Waals surface area contributed by atoms with Gasteiger partial charge in [0.25, 0.3) is 0 Å². The average Bonchev–Trinajstić information content (AvgIpc) is 2.94. The van der Waals surface area contributed by atoms with Crippen molar-refractivity contribution in [3.8, 4) is 0 Å². The summed E-state index contributed by atoms with van der Waals surface area (Å²) < 4.78 is 14.0. The first-order chi connectivity index (χ1) is 9.63. The Morgan fingerprint density at radius 2 is 1.90 bits per heavy atom. The van der Waals surface area contributed by atoms with Crippen LogP contribution in [0.1, 0.15) is 49.7 Å². The molecular weight excluding hydrogens is 269 g/mol. The molecule has 2 rings (SSSR count). The summed E-state index contributed by atoms with van der Waals surface area (Å²) in [5.74, 6) is 0.343. The van der Waals surface area contributed by atoms with E-state index in [1.54, 1.807) is 17.4 Å². The van der Waals surface area contributed by atoms with E-state index in [0.717, 1.165) is 12.0 Å². The fraction of sp³-hybridized carbons (Fsp3) is 0.412. The minimum Gasteiger partial charge on any atom is -0.302 e. The fourth-order valence-corrected chi connectivity index (χ4v) is 3.43. The second-order valence-electron chi connectivity index (χ2n) is 5.39. The third-order valence-electron chi connectivity index (χ3n) is 3.59. The summed E-state index contributed by atoms with van der Waals surface area (Å²) in [6.45, 7) is 6.49. The van der Waals surface area contributed by atoms with Gasteiger partial charge < -0.3 is 5.32 Å². The van der Waals surface area contributed by atoms with E-state index < -0.39 is 0 Å². The number of benzene rings is 1. The van der Waals surface area contributed by atoms with E-state index in [-0.39, 0.29) is 17.9 Å². The smallest absolute Gasteiger partial charge is 0.127 e. The topological polar surface area (TPSA) is 12.0 Å². The minimum atomic E-state index is -0.125. The predicted molar refractivity (Wildman–Crippen MR) is 84.5 cm³/mol. The van der Waals surface area contributed by atoms with E-state index in [4.69, 9.17) is 0 Å². The molecule has 1 aromatic carbocycles. The van der Waals surface area contributed by atoms with Crippen molar-refractivity contribution in [2.45, 2.75) is 39.3 Å². The third kappa shape index (κ3) is 3.47. The van der Waals surface area contributed by atoms with E-state index in [1.165, 1.54) is 10.9 Å². The van der Waals surface area contributed by atoms with Crippen LogP contribution in [0.2, 0.25) is 0 Å². The fourth-order valence-electron chi connectivity index (χ4n) is 2.47. The van der Waals surface area contributed by atoms with Gasteiger partial charge in [-0.1, -0.05) is 45.0 Å². The third-order valence-corrected chi connectivity index (χ3v) is 4.54. The lowest BCUT2D eigenvalue weighted by atomic mass is 9.97. The molecule has 3 heteroatoms. The van der Waals surface area contributed by atoms with Crippen LogP contribution in [0.15, 0.2) is 41.8 Å². The van der Waals surface area contributed by atoms with Gasteiger partial charge in [-0.25, -0.2) is 4.39 Å². The molecule has 0 fully saturated rings. The van der Waals surface area contributed by atoms with Crippen molar-refractivity contribution in [3.63, 3.8) is 0 Å². The predicted octanol–water partition coefficient (Wildman–Crippen LogP) is 5.33. The van der Waals surface area contributed by atoms with Gasteiger partial charge in [-0.3, -0.25) is 0 Å². The molecule has 0 bridgehead atoms. The molecule has 2 aromatic rings. The molecule has 2 atom stereocenters. The monoisotopic (exact) mass is 291 g/mol. The summed E-state index contributed by atoms with van der Waals surface area (Å²) in [4.78, 5) is 1.31. The molecule has 0 amide bonds. The van der Waals surface area contributed by atoms with Gasteiger partial charge >= 0.3 is 0 Å². The van der Waals surface area contributed by atoms with Gasteiger partial charge in [-0.05, 0) is 29.9 Å². The average molecular weight is 291 g/mol. The van der Waals surface area contributed by atoms with E-state index in [9.17, 15) is 4.39 Å². The van der Waals surface area contributed by atoms with E-state index in [1.807, 2.05) is 12.1 Å². The molecular formula is C17H22FNS. The molecule has 1 nitrogen and oxygen atoms in total. The van der Waals surface area contributed by atoms with E-state index in [0.29, 0.717) is 5.92 Å². The van der Waals surface area contributed by atoms with Crippen LogP contribution in [0.5, 0.6) is 0 Å². The van der Waals surface area contributed by atoms with Crippen molar-refractivity contribution in [1.82, 2.24) is 5.32 Å². The molecule has 1 heterocycles. The van der Waals surface area contributed by atoms with Crippen molar-refractivity contribution in [3.05, 3.63) is 58.0 Å². The first-order valence-electron chi connectivity index (χ1n) is 7.17. The maximum atomic E-state index is 14.0. The molecule has 0 spiro atoms. The van der Waals surface area contributed by atoms with Crippen LogP contribution in [-0.4, -0.2) is 0 Å². The highest BCUT2D eigenvalue weighted by atomic mass is 32.1. The van der Waals surface area contributed by atoms with Crippen molar-refractivity contribution >= 4 is 11.3 Å². The van der Waals surface area contributed by atoms with Gasteiger partial charge in [0.2, 0.25) is 0 Å². The first kappa shape index (κ1) is 15.2. The zero-order valence-corrected chi connectivity index (χ0v) is 13.1. The van der Waals surface area contributed by atoms with Crippen molar-refractivity contribution in [2.24, 2.45) is 5.92 Å². The van der Waals surface area contributed by atoms with Gasteiger partial charge in [0.15, 0.2) is 0 Å². The highest BCUT2D eigenvalue weighted by molar-refractivity contribution is 7.10. The van der Waals surface area contributed by atoms with Crippen LogP contribution in [0.25, 0.3) is 0 Å². The van der Waals surface area contributed by atoms with Crippen LogP contribution < -0.4 is 5.32 Å². The molecule has 0 aliphatic heterocycles. The molecule has 0 aliphatic rings. The molecule has 0 aliphatic carbocycles. The highest BCUT2D eigenvalue weighted by Crippen LogP contribution is 2.30. The largest absolute Gasteiger partial charge is 0.302 e. The van der Waals surface area contributed by atoms with Gasteiger partial charge in [-0.15, -0.1) is 11.3 Å². The zero-order chi connectivity index (χ0) is 14.5. The Morgan fingerprint density at radius 3 is 2.45 bits per heavy atom. The molecule has 0 saturated carbocycles. The van der Waals surface area contributed by atoms with E-state index in [2.05, 4.69) is 43.6 Å². The summed E-state index contributed by atoms with van der Waals surface area (Å²) in [7, 11) is 0. The van der Waals surface area contributed by atoms with Crippen LogP contribution in [0.3, 0.4) is 0 Å². The molecule has 0 saturated heterocycles. The summed E-state index contributed by atoms with van der Waals surface area (Å²) in [5.41, 5.74) is 0.761. The summed E-state index contributed by atoms with van der Waals surface area (Å²) in [6.07, 6.45) is 0.871. The highest BCUT2D eigenvalue weighted by Gasteiger charge is 2.22. The number of halogens is 1. The van der Waals surface area contributed by atoms with Gasteiger partial charge in [0, 0.05) is 22.5 Å². The lowest BCUT2D eigenvalue weighted by molar-refractivity contribution is 0.355. The number of hydrogen-bond acceptors (Lipinski definition) is 2. The van der Waals surface area contributed by atoms with Crippen LogP contribution in [0, 0.1) is 11.7 Å². The lowest BCUT2D eigenvalue weighted by Gasteiger charge is -2.27. The second-order valence-corrected chi connectivity index (χ2v) is 6.37. The first-order valence-corrected chi connectivity index (χ1v) is 8.05. The van der Waals surface area contributed by atoms with E-state index >= 15 is 0 Å². The van der Waals surface area contributed by atoms with Crippen molar-refractivity contribution in [1.29, 1.82) is 0 Å². The SMILES string of the molecule is CCC(NC(c1cccs1)C(C)C)c1ccccc1F. The van der Waals surface area contributed by atoms with Crippen LogP contribution in [0.4, 0.5) is 4.39 Å². The van der Waals surface area contributed by atoms with Gasteiger partial charge in [0.1, 0.15) is 5.82 Å². The van der Waals surface area contributed by atoms with Gasteiger partial charge in [-0.2, -0.15) is 0 Å². The van der Waals surface area contributed by atoms with Crippen LogP contribution in [-0.2, 0) is 0 Å². The Labute approximate surface area is 124 Å². The normalized spacial score (nSPS) is 14.4. The summed E-state index contributed by atoms with van der Waals surface area (Å²) in [6, 6.07) is 11.6. The van der Waals surface area contributed by atoms with Gasteiger partial charge in [0.05, 0.1) is 0 Å². The molecule has 0 radical (unpaired) electrons. The maximum Gasteiger partial charge on any atom is 0.127 e. The molecule has 1 aromatic heterocycles. The summed E-state index contributed by atoms with van der Waals surface area (Å²) in [5, 5.41) is 5.73. The van der Waals surface area contributed by atoms with Crippen molar-refractivity contribution in [2.75, 3.05) is 0 Å².